The molecule has 1 heterocycles. The molecule has 1 N–H and O–H groups in total. The molecule has 4 aromatic rings. The lowest BCUT2D eigenvalue weighted by Crippen LogP contribution is -2.13. The number of carbonyl (C=O) groups excluding carboxylic acids is 1. The van der Waals surface area contributed by atoms with E-state index in [4.69, 9.17) is 16.3 Å². The van der Waals surface area contributed by atoms with Gasteiger partial charge in [0.05, 0.1) is 18.4 Å². The number of carbonyl (C=O) groups is 1. The minimum Gasteiger partial charge on any atom is -0.496 e. The lowest BCUT2D eigenvalue weighted by molar-refractivity contribution is 0.102. The van der Waals surface area contributed by atoms with Crippen LogP contribution in [0.3, 0.4) is 0 Å². The van der Waals surface area contributed by atoms with E-state index in [1.54, 1.807) is 18.2 Å². The van der Waals surface area contributed by atoms with E-state index in [1.165, 1.54) is 23.8 Å². The largest absolute Gasteiger partial charge is 0.496 e. The summed E-state index contributed by atoms with van der Waals surface area (Å²) in [5.74, 6) is 0.150. The van der Waals surface area contributed by atoms with Gasteiger partial charge in [0, 0.05) is 16.0 Å². The van der Waals surface area contributed by atoms with Gasteiger partial charge in [0.25, 0.3) is 5.91 Å². The van der Waals surface area contributed by atoms with Crippen LogP contribution in [-0.2, 0) is 0 Å². The van der Waals surface area contributed by atoms with Gasteiger partial charge in [0.15, 0.2) is 5.13 Å². The lowest BCUT2D eigenvalue weighted by Gasteiger charge is -2.08. The SMILES string of the molecule is COc1ccc(Cl)cc1C(=O)Nc1nc(-c2ccc3ccccc3c2)cs1. The molecule has 0 aliphatic carbocycles. The Bertz CT molecular complexity index is 1140. The summed E-state index contributed by atoms with van der Waals surface area (Å²) in [6.07, 6.45) is 0. The highest BCUT2D eigenvalue weighted by molar-refractivity contribution is 7.14. The summed E-state index contributed by atoms with van der Waals surface area (Å²) in [7, 11) is 1.52. The number of methoxy groups -OCH3 is 1. The Morgan fingerprint density at radius 3 is 2.70 bits per heavy atom. The average Bonchev–Trinajstić information content (AvgIpc) is 3.16. The molecule has 1 amide bonds. The standard InChI is InChI=1S/C21H15ClN2O2S/c1-26-19-9-8-16(22)11-17(19)20(25)24-21-23-18(12-27-21)15-7-6-13-4-2-3-5-14(13)10-15/h2-12H,1H3,(H,23,24,25). The number of hydrogen-bond acceptors (Lipinski definition) is 4. The smallest absolute Gasteiger partial charge is 0.261 e. The molecule has 4 rings (SSSR count). The average molecular weight is 395 g/mol. The maximum Gasteiger partial charge on any atom is 0.261 e. The molecule has 0 atom stereocenters. The molecule has 0 unspecified atom stereocenters. The van der Waals surface area contributed by atoms with Crippen LogP contribution < -0.4 is 10.1 Å². The van der Waals surface area contributed by atoms with E-state index in [2.05, 4.69) is 34.6 Å². The van der Waals surface area contributed by atoms with E-state index in [0.717, 1.165) is 16.6 Å². The Kier molecular flexibility index (Phi) is 4.79. The summed E-state index contributed by atoms with van der Waals surface area (Å²) >= 11 is 7.38. The van der Waals surface area contributed by atoms with Crippen molar-refractivity contribution in [2.24, 2.45) is 0 Å². The molecule has 0 bridgehead atoms. The fraction of sp³-hybridized carbons (Fsp3) is 0.0476. The number of amides is 1. The number of nitrogens with one attached hydrogen (secondary N) is 1. The molecule has 27 heavy (non-hydrogen) atoms. The van der Waals surface area contributed by atoms with Crippen LogP contribution in [0.4, 0.5) is 5.13 Å². The minimum absolute atomic E-state index is 0.311. The van der Waals surface area contributed by atoms with Crippen molar-refractivity contribution in [1.29, 1.82) is 0 Å². The van der Waals surface area contributed by atoms with Crippen molar-refractivity contribution in [3.8, 4) is 17.0 Å². The molecule has 0 spiro atoms. The number of hydrogen-bond donors (Lipinski definition) is 1. The first kappa shape index (κ1) is 17.5. The van der Waals surface area contributed by atoms with Gasteiger partial charge in [-0.15, -0.1) is 11.3 Å². The van der Waals surface area contributed by atoms with Crippen molar-refractivity contribution >= 4 is 44.7 Å². The van der Waals surface area contributed by atoms with Crippen LogP contribution in [0.5, 0.6) is 5.75 Å². The quantitative estimate of drug-likeness (QED) is 0.470. The van der Waals surface area contributed by atoms with E-state index in [9.17, 15) is 4.79 Å². The molecule has 1 aromatic heterocycles. The molecule has 0 saturated heterocycles. The second-order valence-corrected chi connectivity index (χ2v) is 7.19. The summed E-state index contributed by atoms with van der Waals surface area (Å²) in [5, 5.41) is 8.06. The normalized spacial score (nSPS) is 10.7. The Hall–Kier alpha value is -2.89. The minimum atomic E-state index is -0.311. The Balaban J connectivity index is 1.59. The number of thiazole rings is 1. The van der Waals surface area contributed by atoms with Crippen molar-refractivity contribution < 1.29 is 9.53 Å². The maximum atomic E-state index is 12.6. The predicted octanol–water partition coefficient (Wildman–Crippen LogP) is 5.88. The van der Waals surface area contributed by atoms with Crippen LogP contribution >= 0.6 is 22.9 Å². The molecule has 0 aliphatic heterocycles. The Labute approximate surface area is 165 Å². The second-order valence-electron chi connectivity index (χ2n) is 5.90. The topological polar surface area (TPSA) is 51.2 Å². The van der Waals surface area contributed by atoms with Crippen molar-refractivity contribution in [1.82, 2.24) is 4.98 Å². The molecule has 4 nitrogen and oxygen atoms in total. The highest BCUT2D eigenvalue weighted by Gasteiger charge is 2.15. The second kappa shape index (κ2) is 7.39. The van der Waals surface area contributed by atoms with E-state index >= 15 is 0 Å². The van der Waals surface area contributed by atoms with Gasteiger partial charge in [-0.2, -0.15) is 0 Å². The number of nitrogens with zero attached hydrogens (tertiary/aromatic N) is 1. The van der Waals surface area contributed by atoms with E-state index in [-0.39, 0.29) is 5.91 Å². The zero-order valence-electron chi connectivity index (χ0n) is 14.4. The molecule has 6 heteroatoms. The third-order valence-corrected chi connectivity index (χ3v) is 5.17. The van der Waals surface area contributed by atoms with Crippen LogP contribution in [0.15, 0.2) is 66.0 Å². The molecule has 0 saturated carbocycles. The van der Waals surface area contributed by atoms with Crippen LogP contribution in [-0.4, -0.2) is 18.0 Å². The zero-order chi connectivity index (χ0) is 18.8. The summed E-state index contributed by atoms with van der Waals surface area (Å²) < 4.78 is 5.24. The first-order valence-corrected chi connectivity index (χ1v) is 9.49. The Morgan fingerprint density at radius 2 is 1.89 bits per heavy atom. The van der Waals surface area contributed by atoms with Gasteiger partial charge in [-0.05, 0) is 35.0 Å². The van der Waals surface area contributed by atoms with Crippen molar-refractivity contribution in [2.45, 2.75) is 0 Å². The van der Waals surface area contributed by atoms with Gasteiger partial charge < -0.3 is 4.74 Å². The third kappa shape index (κ3) is 3.65. The number of halogens is 1. The summed E-state index contributed by atoms with van der Waals surface area (Å²) in [6, 6.07) is 19.3. The fourth-order valence-electron chi connectivity index (χ4n) is 2.83. The van der Waals surface area contributed by atoms with Crippen LogP contribution in [0.2, 0.25) is 5.02 Å². The molecule has 0 fully saturated rings. The number of fused-ring (bicyclic) bond motifs is 1. The van der Waals surface area contributed by atoms with Gasteiger partial charge in [0.2, 0.25) is 0 Å². The van der Waals surface area contributed by atoms with E-state index in [1.807, 2.05) is 23.6 Å². The van der Waals surface area contributed by atoms with Crippen LogP contribution in [0.25, 0.3) is 22.0 Å². The van der Waals surface area contributed by atoms with Gasteiger partial charge >= 0.3 is 0 Å². The maximum absolute atomic E-state index is 12.6. The first-order valence-electron chi connectivity index (χ1n) is 8.23. The van der Waals surface area contributed by atoms with Crippen LogP contribution in [0.1, 0.15) is 10.4 Å². The fourth-order valence-corrected chi connectivity index (χ4v) is 3.72. The highest BCUT2D eigenvalue weighted by atomic mass is 35.5. The first-order chi connectivity index (χ1) is 13.1. The third-order valence-electron chi connectivity index (χ3n) is 4.18. The number of anilines is 1. The molecular weight excluding hydrogens is 380 g/mol. The molecule has 0 radical (unpaired) electrons. The monoisotopic (exact) mass is 394 g/mol. The van der Waals surface area contributed by atoms with Crippen molar-refractivity contribution in [3.63, 3.8) is 0 Å². The van der Waals surface area contributed by atoms with Crippen LogP contribution in [0, 0.1) is 0 Å². The molecule has 134 valence electrons. The number of aromatic nitrogens is 1. The summed E-state index contributed by atoms with van der Waals surface area (Å²) in [5.41, 5.74) is 2.19. The number of benzene rings is 3. The number of ether oxygens (including phenoxy) is 1. The predicted molar refractivity (Wildman–Crippen MR) is 111 cm³/mol. The number of rotatable bonds is 4. The summed E-state index contributed by atoms with van der Waals surface area (Å²) in [6.45, 7) is 0. The van der Waals surface area contributed by atoms with Gasteiger partial charge in [-0.3, -0.25) is 10.1 Å². The van der Waals surface area contributed by atoms with E-state index < -0.39 is 0 Å². The van der Waals surface area contributed by atoms with Crippen molar-refractivity contribution in [2.75, 3.05) is 12.4 Å². The lowest BCUT2D eigenvalue weighted by atomic mass is 10.1. The Morgan fingerprint density at radius 1 is 1.07 bits per heavy atom. The molecule has 0 aliphatic rings. The van der Waals surface area contributed by atoms with Gasteiger partial charge in [-0.25, -0.2) is 4.98 Å². The highest BCUT2D eigenvalue weighted by Crippen LogP contribution is 2.29. The zero-order valence-corrected chi connectivity index (χ0v) is 16.0. The van der Waals surface area contributed by atoms with Gasteiger partial charge in [0.1, 0.15) is 5.75 Å². The van der Waals surface area contributed by atoms with Gasteiger partial charge in [-0.1, -0.05) is 48.0 Å². The van der Waals surface area contributed by atoms with E-state index in [0.29, 0.717) is 21.5 Å². The summed E-state index contributed by atoms with van der Waals surface area (Å²) in [4.78, 5) is 17.1. The van der Waals surface area contributed by atoms with Crippen molar-refractivity contribution in [3.05, 3.63) is 76.6 Å². The molecule has 3 aromatic carbocycles. The molecular formula is C21H15ClN2O2S.